The summed E-state index contributed by atoms with van der Waals surface area (Å²) in [5.74, 6) is 0.528. The zero-order valence-electron chi connectivity index (χ0n) is 14.7. The van der Waals surface area contributed by atoms with Crippen molar-refractivity contribution < 1.29 is 19.1 Å². The Kier molecular flexibility index (Phi) is 5.73. The molecule has 1 aliphatic heterocycles. The van der Waals surface area contributed by atoms with Crippen molar-refractivity contribution in [3.05, 3.63) is 53.6 Å². The highest BCUT2D eigenvalue weighted by atomic mass is 16.7. The van der Waals surface area contributed by atoms with Gasteiger partial charge in [-0.15, -0.1) is 0 Å². The fourth-order valence-corrected chi connectivity index (χ4v) is 2.64. The lowest BCUT2D eigenvalue weighted by Crippen LogP contribution is -2.32. The molecule has 0 saturated carbocycles. The van der Waals surface area contributed by atoms with E-state index in [9.17, 15) is 9.59 Å². The van der Waals surface area contributed by atoms with Crippen molar-refractivity contribution in [2.75, 3.05) is 18.7 Å². The van der Waals surface area contributed by atoms with E-state index in [1.54, 1.807) is 18.2 Å². The number of unbranched alkanes of at least 4 members (excludes halogenated alkanes) is 1. The maximum Gasteiger partial charge on any atom is 0.251 e. The van der Waals surface area contributed by atoms with Crippen LogP contribution in [0.5, 0.6) is 11.5 Å². The van der Waals surface area contributed by atoms with Crippen LogP contribution in [0.15, 0.2) is 42.5 Å². The number of hydrogen-bond donors (Lipinski definition) is 2. The molecule has 0 bridgehead atoms. The summed E-state index contributed by atoms with van der Waals surface area (Å²) in [6.07, 6.45) is 3.34. The van der Waals surface area contributed by atoms with E-state index in [-0.39, 0.29) is 25.2 Å². The van der Waals surface area contributed by atoms with E-state index in [1.165, 1.54) is 5.56 Å². The van der Waals surface area contributed by atoms with Gasteiger partial charge in [0.15, 0.2) is 11.5 Å². The van der Waals surface area contributed by atoms with Gasteiger partial charge in [-0.2, -0.15) is 0 Å². The molecule has 2 amide bonds. The lowest BCUT2D eigenvalue weighted by Gasteiger charge is -2.08. The van der Waals surface area contributed by atoms with Gasteiger partial charge in [-0.25, -0.2) is 0 Å². The maximum atomic E-state index is 12.2. The second kappa shape index (κ2) is 8.38. The first-order valence-corrected chi connectivity index (χ1v) is 8.72. The number of aryl methyl sites for hydroxylation is 1. The Morgan fingerprint density at radius 3 is 2.58 bits per heavy atom. The SMILES string of the molecule is CCCCc1ccc(NC(=O)CNC(=O)c2ccc3c(c2)OCO3)cc1. The van der Waals surface area contributed by atoms with Crippen LogP contribution < -0.4 is 20.1 Å². The minimum atomic E-state index is -0.339. The molecule has 136 valence electrons. The molecule has 6 heteroatoms. The summed E-state index contributed by atoms with van der Waals surface area (Å²) in [5.41, 5.74) is 2.39. The predicted octanol–water partition coefficient (Wildman–Crippen LogP) is 3.13. The number of anilines is 1. The van der Waals surface area contributed by atoms with Crippen molar-refractivity contribution in [3.63, 3.8) is 0 Å². The molecule has 0 aliphatic carbocycles. The van der Waals surface area contributed by atoms with Gasteiger partial charge in [-0.3, -0.25) is 9.59 Å². The molecule has 6 nitrogen and oxygen atoms in total. The topological polar surface area (TPSA) is 76.7 Å². The van der Waals surface area contributed by atoms with Crippen LogP contribution >= 0.6 is 0 Å². The van der Waals surface area contributed by atoms with E-state index >= 15 is 0 Å². The molecule has 1 aliphatic rings. The van der Waals surface area contributed by atoms with Crippen LogP contribution in [0.1, 0.15) is 35.7 Å². The fourth-order valence-electron chi connectivity index (χ4n) is 2.64. The number of hydrogen-bond acceptors (Lipinski definition) is 4. The third kappa shape index (κ3) is 4.53. The summed E-state index contributed by atoms with van der Waals surface area (Å²) in [6.45, 7) is 2.21. The summed E-state index contributed by atoms with van der Waals surface area (Å²) in [6, 6.07) is 12.7. The van der Waals surface area contributed by atoms with E-state index in [2.05, 4.69) is 17.6 Å². The van der Waals surface area contributed by atoms with Crippen molar-refractivity contribution >= 4 is 17.5 Å². The van der Waals surface area contributed by atoms with E-state index in [4.69, 9.17) is 9.47 Å². The first kappa shape index (κ1) is 17.8. The molecule has 0 aromatic heterocycles. The largest absolute Gasteiger partial charge is 0.454 e. The van der Waals surface area contributed by atoms with Crippen LogP contribution in [0.4, 0.5) is 5.69 Å². The Labute approximate surface area is 152 Å². The number of amides is 2. The van der Waals surface area contributed by atoms with E-state index in [0.717, 1.165) is 19.3 Å². The lowest BCUT2D eigenvalue weighted by atomic mass is 10.1. The molecule has 2 aromatic carbocycles. The molecule has 0 unspecified atom stereocenters. The summed E-state index contributed by atoms with van der Waals surface area (Å²) in [7, 11) is 0. The fraction of sp³-hybridized carbons (Fsp3) is 0.300. The highest BCUT2D eigenvalue weighted by Gasteiger charge is 2.16. The molecule has 0 fully saturated rings. The number of ether oxygens (including phenoxy) is 2. The van der Waals surface area contributed by atoms with Crippen LogP contribution in [0, 0.1) is 0 Å². The molecule has 2 aromatic rings. The highest BCUT2D eigenvalue weighted by Crippen LogP contribution is 2.32. The molecule has 1 heterocycles. The number of carbonyl (C=O) groups excluding carboxylic acids is 2. The quantitative estimate of drug-likeness (QED) is 0.801. The van der Waals surface area contributed by atoms with Crippen LogP contribution in [0.2, 0.25) is 0 Å². The normalized spacial score (nSPS) is 11.9. The molecule has 3 rings (SSSR count). The maximum absolute atomic E-state index is 12.2. The zero-order chi connectivity index (χ0) is 18.4. The molecule has 2 N–H and O–H groups in total. The van der Waals surface area contributed by atoms with E-state index in [0.29, 0.717) is 22.7 Å². The standard InChI is InChI=1S/C20H22N2O4/c1-2-3-4-14-5-8-16(9-6-14)22-19(23)12-21-20(24)15-7-10-17-18(11-15)26-13-25-17/h5-11H,2-4,12-13H2,1H3,(H,21,24)(H,22,23). The third-order valence-electron chi connectivity index (χ3n) is 4.10. The number of nitrogens with one attached hydrogen (secondary N) is 2. The van der Waals surface area contributed by atoms with E-state index in [1.807, 2.05) is 24.3 Å². The second-order valence-electron chi connectivity index (χ2n) is 6.10. The Morgan fingerprint density at radius 2 is 1.81 bits per heavy atom. The molecule has 26 heavy (non-hydrogen) atoms. The molecule has 0 saturated heterocycles. The molecular formula is C20H22N2O4. The molecule has 0 radical (unpaired) electrons. The Bertz CT molecular complexity index is 787. The molecule has 0 spiro atoms. The average Bonchev–Trinajstić information content (AvgIpc) is 3.13. The summed E-state index contributed by atoms with van der Waals surface area (Å²) in [4.78, 5) is 24.2. The van der Waals surface area contributed by atoms with Crippen molar-refractivity contribution in [2.24, 2.45) is 0 Å². The molecular weight excluding hydrogens is 332 g/mol. The Balaban J connectivity index is 1.48. The minimum absolute atomic E-state index is 0.106. The van der Waals surface area contributed by atoms with Gasteiger partial charge >= 0.3 is 0 Å². The third-order valence-corrected chi connectivity index (χ3v) is 4.10. The van der Waals surface area contributed by atoms with Crippen LogP contribution in [0.3, 0.4) is 0 Å². The van der Waals surface area contributed by atoms with E-state index < -0.39 is 0 Å². The van der Waals surface area contributed by atoms with Crippen molar-refractivity contribution in [2.45, 2.75) is 26.2 Å². The monoisotopic (exact) mass is 354 g/mol. The van der Waals surface area contributed by atoms with Crippen molar-refractivity contribution in [1.82, 2.24) is 5.32 Å². The van der Waals surface area contributed by atoms with Crippen molar-refractivity contribution in [3.8, 4) is 11.5 Å². The first-order chi connectivity index (χ1) is 12.7. The van der Waals surface area contributed by atoms with Gasteiger partial charge in [-0.05, 0) is 48.7 Å². The number of fused-ring (bicyclic) bond motifs is 1. The van der Waals surface area contributed by atoms with Crippen LogP contribution in [0.25, 0.3) is 0 Å². The lowest BCUT2D eigenvalue weighted by molar-refractivity contribution is -0.115. The van der Waals surface area contributed by atoms with Gasteiger partial charge in [-0.1, -0.05) is 25.5 Å². The summed E-state index contributed by atoms with van der Waals surface area (Å²) >= 11 is 0. The van der Waals surface area contributed by atoms with Crippen LogP contribution in [-0.4, -0.2) is 25.2 Å². The van der Waals surface area contributed by atoms with Crippen LogP contribution in [-0.2, 0) is 11.2 Å². The van der Waals surface area contributed by atoms with Gasteiger partial charge in [0.05, 0.1) is 6.54 Å². The Morgan fingerprint density at radius 1 is 1.04 bits per heavy atom. The van der Waals surface area contributed by atoms with Gasteiger partial charge in [0.25, 0.3) is 5.91 Å². The van der Waals surface area contributed by atoms with Crippen molar-refractivity contribution in [1.29, 1.82) is 0 Å². The Hall–Kier alpha value is -3.02. The van der Waals surface area contributed by atoms with Gasteiger partial charge < -0.3 is 20.1 Å². The minimum Gasteiger partial charge on any atom is -0.454 e. The molecule has 0 atom stereocenters. The first-order valence-electron chi connectivity index (χ1n) is 8.72. The predicted molar refractivity (Wildman–Crippen MR) is 98.6 cm³/mol. The summed E-state index contributed by atoms with van der Waals surface area (Å²) in [5, 5.41) is 5.38. The highest BCUT2D eigenvalue weighted by molar-refractivity contribution is 5.99. The second-order valence-corrected chi connectivity index (χ2v) is 6.10. The van der Waals surface area contributed by atoms with Gasteiger partial charge in [0.2, 0.25) is 12.7 Å². The number of benzene rings is 2. The number of rotatable bonds is 7. The number of carbonyl (C=O) groups is 2. The average molecular weight is 354 g/mol. The van der Waals surface area contributed by atoms with Gasteiger partial charge in [0.1, 0.15) is 0 Å². The van der Waals surface area contributed by atoms with Gasteiger partial charge in [0, 0.05) is 11.3 Å². The smallest absolute Gasteiger partial charge is 0.251 e. The summed E-state index contributed by atoms with van der Waals surface area (Å²) < 4.78 is 10.5. The zero-order valence-corrected chi connectivity index (χ0v) is 14.7.